The van der Waals surface area contributed by atoms with Crippen LogP contribution >= 0.6 is 22.7 Å². The number of halogens is 6. The van der Waals surface area contributed by atoms with E-state index in [-0.39, 0.29) is 62.6 Å². The Morgan fingerprint density at radius 1 is 0.681 bits per heavy atom. The quantitative estimate of drug-likeness (QED) is 0.0969. The monoisotopic (exact) mass is 1000 g/mol. The van der Waals surface area contributed by atoms with Gasteiger partial charge in [0.05, 0.1) is 64.1 Å². The SMILES string of the molecule is O=C(Cc1nn(Cc2nc3cc(C(F)(F)F)ccc3s2)c(=O)c2nccnc12)OC1[C@@H](O)[C@H](O)O[C@H](CO)[C@H]1O.O=C(O)Cc1nn(Cc2nc3cc(C(F)(F)F)ccc3s2)c(=O)c2nccnc12. The van der Waals surface area contributed by atoms with E-state index in [1.807, 2.05) is 0 Å². The predicted octanol–water partition coefficient (Wildman–Crippen LogP) is 2.24. The molecule has 9 rings (SSSR count). The van der Waals surface area contributed by atoms with Gasteiger partial charge in [-0.3, -0.25) is 29.1 Å². The summed E-state index contributed by atoms with van der Waals surface area (Å²) in [4.78, 5) is 74.0. The molecule has 29 heteroatoms. The number of thiazole rings is 2. The number of aliphatic hydroxyl groups is 4. The van der Waals surface area contributed by atoms with E-state index < -0.39 is 96.7 Å². The molecule has 5 N–H and O–H groups in total. The molecule has 7 heterocycles. The zero-order valence-electron chi connectivity index (χ0n) is 34.4. The molecule has 1 saturated heterocycles. The van der Waals surface area contributed by atoms with E-state index in [0.29, 0.717) is 14.4 Å². The molecule has 360 valence electrons. The Hall–Kier alpha value is -7.02. The lowest BCUT2D eigenvalue weighted by atomic mass is 9.99. The van der Waals surface area contributed by atoms with Crippen LogP contribution in [-0.4, -0.2) is 124 Å². The van der Waals surface area contributed by atoms with E-state index in [0.717, 1.165) is 56.3 Å². The number of hydrogen-bond acceptors (Lipinski definition) is 20. The number of carboxylic acid groups (broad SMARTS) is 1. The number of carbonyl (C=O) groups excluding carboxylic acids is 1. The third-order valence-electron chi connectivity index (χ3n) is 10.1. The Balaban J connectivity index is 0.000000196. The lowest BCUT2D eigenvalue weighted by Gasteiger charge is -2.39. The van der Waals surface area contributed by atoms with Crippen LogP contribution in [0.3, 0.4) is 0 Å². The molecule has 21 nitrogen and oxygen atoms in total. The van der Waals surface area contributed by atoms with Crippen molar-refractivity contribution >= 4 is 77.1 Å². The minimum absolute atomic E-state index is 0.0267. The zero-order chi connectivity index (χ0) is 49.5. The number of rotatable bonds is 10. The first kappa shape index (κ1) is 48.4. The molecule has 6 aromatic heterocycles. The van der Waals surface area contributed by atoms with Gasteiger partial charge in [-0.05, 0) is 36.4 Å². The average Bonchev–Trinajstić information content (AvgIpc) is 3.91. The summed E-state index contributed by atoms with van der Waals surface area (Å²) in [7, 11) is 0. The number of aliphatic hydroxyl groups excluding tert-OH is 4. The maximum absolute atomic E-state index is 13.1. The maximum atomic E-state index is 13.1. The Morgan fingerprint density at radius 2 is 1.13 bits per heavy atom. The first-order valence-electron chi connectivity index (χ1n) is 19.7. The van der Waals surface area contributed by atoms with Crippen molar-refractivity contribution in [1.29, 1.82) is 0 Å². The van der Waals surface area contributed by atoms with Crippen LogP contribution in [0, 0.1) is 0 Å². The van der Waals surface area contributed by atoms with E-state index >= 15 is 0 Å². The van der Waals surface area contributed by atoms with Gasteiger partial charge in [0.25, 0.3) is 11.1 Å². The Labute approximate surface area is 386 Å². The molecule has 2 aromatic carbocycles. The lowest BCUT2D eigenvalue weighted by molar-refractivity contribution is -0.289. The molecule has 8 aromatic rings. The molecule has 0 amide bonds. The Bertz CT molecular complexity index is 3390. The van der Waals surface area contributed by atoms with Crippen LogP contribution in [0.2, 0.25) is 0 Å². The summed E-state index contributed by atoms with van der Waals surface area (Å²) in [6.45, 7) is -1.12. The fraction of sp³-hybridized carbons (Fsp3) is 0.300. The molecule has 0 bridgehead atoms. The second kappa shape index (κ2) is 19.2. The molecule has 69 heavy (non-hydrogen) atoms. The van der Waals surface area contributed by atoms with Gasteiger partial charge in [0, 0.05) is 24.8 Å². The lowest BCUT2D eigenvalue weighted by Crippen LogP contribution is -2.59. The number of nitrogens with zero attached hydrogens (tertiary/aromatic N) is 10. The summed E-state index contributed by atoms with van der Waals surface area (Å²) in [5, 5.41) is 57.5. The Morgan fingerprint density at radius 3 is 1.57 bits per heavy atom. The predicted molar refractivity (Wildman–Crippen MR) is 226 cm³/mol. The van der Waals surface area contributed by atoms with E-state index in [2.05, 4.69) is 40.1 Å². The number of carbonyl (C=O) groups is 2. The van der Waals surface area contributed by atoms with Gasteiger partial charge in [0.2, 0.25) is 0 Å². The van der Waals surface area contributed by atoms with Gasteiger partial charge in [-0.2, -0.15) is 36.5 Å². The smallest absolute Gasteiger partial charge is 0.416 e. The standard InChI is InChI=1S/C23H20F3N5O8S.C17H10F3N5O3S/c24-23(25,26)9-1-2-13-10(5-9)29-14(40-13)7-31-21(36)17-16(27-3-4-28-17)11(30-31)6-15(33)39-20-18(34)12(8-32)38-22(37)19(20)35;18-17(19,20)8-1-2-11-9(5-8)23-12(29-11)7-25-16(28)15-14(21-3-4-22-15)10(24-25)6-13(26)27/h1-5,12,18-20,22,32,34-35,37H,6-8H2;1-5H,6-7H2,(H,26,27)/t12-,18-,19-,20?,22-;/m1./s1. The number of ether oxygens (including phenoxy) is 2. The van der Waals surface area contributed by atoms with Crippen molar-refractivity contribution in [3.8, 4) is 0 Å². The molecule has 0 radical (unpaired) electrons. The van der Waals surface area contributed by atoms with Crippen molar-refractivity contribution < 1.29 is 70.9 Å². The first-order valence-corrected chi connectivity index (χ1v) is 21.4. The van der Waals surface area contributed by atoms with E-state index in [9.17, 15) is 65.9 Å². The van der Waals surface area contributed by atoms with Crippen molar-refractivity contribution in [1.82, 2.24) is 49.5 Å². The van der Waals surface area contributed by atoms with Crippen molar-refractivity contribution in [3.05, 3.63) is 114 Å². The molecule has 1 aliphatic rings. The number of aromatic nitrogens is 10. The summed E-state index contributed by atoms with van der Waals surface area (Å²) < 4.78 is 90.8. The maximum Gasteiger partial charge on any atom is 0.416 e. The Kier molecular flexibility index (Phi) is 13.5. The fourth-order valence-electron chi connectivity index (χ4n) is 6.96. The van der Waals surface area contributed by atoms with Crippen LogP contribution in [0.1, 0.15) is 32.5 Å². The molecule has 5 atom stereocenters. The zero-order valence-corrected chi connectivity index (χ0v) is 36.1. The number of hydrogen-bond donors (Lipinski definition) is 5. The van der Waals surface area contributed by atoms with Crippen LogP contribution in [0.5, 0.6) is 0 Å². The molecule has 1 fully saturated rings. The molecule has 0 saturated carbocycles. The van der Waals surface area contributed by atoms with Crippen molar-refractivity contribution in [2.24, 2.45) is 0 Å². The number of benzene rings is 2. The number of esters is 1. The van der Waals surface area contributed by atoms with E-state index in [1.165, 1.54) is 36.9 Å². The van der Waals surface area contributed by atoms with Gasteiger partial charge in [-0.15, -0.1) is 22.7 Å². The topological polar surface area (TPSA) is 301 Å². The third kappa shape index (κ3) is 10.4. The molecule has 0 aliphatic carbocycles. The highest BCUT2D eigenvalue weighted by Crippen LogP contribution is 2.34. The molecular weight excluding hydrogens is 975 g/mol. The summed E-state index contributed by atoms with van der Waals surface area (Å²) in [6, 6.07) is 6.32. The van der Waals surface area contributed by atoms with Gasteiger partial charge in [0.1, 0.15) is 50.7 Å². The van der Waals surface area contributed by atoms with Crippen LogP contribution < -0.4 is 11.1 Å². The number of aliphatic carboxylic acids is 1. The van der Waals surface area contributed by atoms with Crippen molar-refractivity contribution in [2.75, 3.05) is 6.61 Å². The summed E-state index contributed by atoms with van der Waals surface area (Å²) >= 11 is 2.17. The molecular formula is C40H30F6N10O11S2. The molecule has 0 spiro atoms. The summed E-state index contributed by atoms with van der Waals surface area (Å²) in [5.41, 5.74) is -2.88. The minimum Gasteiger partial charge on any atom is -0.481 e. The highest BCUT2D eigenvalue weighted by Gasteiger charge is 2.46. The largest absolute Gasteiger partial charge is 0.481 e. The number of alkyl halides is 6. The normalized spacial score (nSPS) is 18.7. The van der Waals surface area contributed by atoms with Crippen LogP contribution in [-0.2, 0) is 57.3 Å². The van der Waals surface area contributed by atoms with Gasteiger partial charge in [-0.1, -0.05) is 0 Å². The fourth-order valence-corrected chi connectivity index (χ4v) is 8.82. The summed E-state index contributed by atoms with van der Waals surface area (Å²) in [5.74, 6) is -2.19. The van der Waals surface area contributed by atoms with Gasteiger partial charge < -0.3 is 35.0 Å². The first-order chi connectivity index (χ1) is 32.7. The molecule has 1 unspecified atom stereocenters. The van der Waals surface area contributed by atoms with Crippen LogP contribution in [0.15, 0.2) is 70.8 Å². The second-order valence-electron chi connectivity index (χ2n) is 14.8. The van der Waals surface area contributed by atoms with Crippen LogP contribution in [0.25, 0.3) is 42.5 Å². The van der Waals surface area contributed by atoms with Crippen LogP contribution in [0.4, 0.5) is 26.3 Å². The number of fused-ring (bicyclic) bond motifs is 4. The van der Waals surface area contributed by atoms with E-state index in [1.54, 1.807) is 0 Å². The van der Waals surface area contributed by atoms with E-state index in [4.69, 9.17) is 14.6 Å². The van der Waals surface area contributed by atoms with Gasteiger partial charge in [0.15, 0.2) is 23.4 Å². The van der Waals surface area contributed by atoms with Gasteiger partial charge in [-0.25, -0.2) is 29.3 Å². The number of carboxylic acids is 1. The third-order valence-corrected chi connectivity index (χ3v) is 12.2. The highest BCUT2D eigenvalue weighted by molar-refractivity contribution is 7.18. The minimum atomic E-state index is -4.55. The van der Waals surface area contributed by atoms with Crippen molar-refractivity contribution in [2.45, 2.75) is 69.0 Å². The highest BCUT2D eigenvalue weighted by atomic mass is 32.1. The van der Waals surface area contributed by atoms with Crippen molar-refractivity contribution in [3.63, 3.8) is 0 Å². The second-order valence-corrected chi connectivity index (χ2v) is 17.1. The average molecular weight is 1000 g/mol. The van der Waals surface area contributed by atoms with Gasteiger partial charge >= 0.3 is 24.3 Å². The molecule has 1 aliphatic heterocycles. The summed E-state index contributed by atoms with van der Waals surface area (Å²) in [6.07, 6.45) is -13.3.